The van der Waals surface area contributed by atoms with E-state index in [0.29, 0.717) is 6.42 Å². The van der Waals surface area contributed by atoms with E-state index in [1.54, 1.807) is 11.8 Å². The van der Waals surface area contributed by atoms with E-state index in [-0.39, 0.29) is 5.78 Å². The topological polar surface area (TPSA) is 17.1 Å². The molecule has 0 aliphatic heterocycles. The predicted molar refractivity (Wildman–Crippen MR) is 86.8 cm³/mol. The van der Waals surface area contributed by atoms with Crippen LogP contribution in [0.3, 0.4) is 0 Å². The summed E-state index contributed by atoms with van der Waals surface area (Å²) in [6.07, 6.45) is 3.43. The monoisotopic (exact) mass is 284 g/mol. The van der Waals surface area contributed by atoms with Crippen molar-refractivity contribution in [2.24, 2.45) is 0 Å². The minimum Gasteiger partial charge on any atom is -0.294 e. The first-order valence-electron chi connectivity index (χ1n) is 6.84. The maximum atomic E-state index is 12.2. The third-order valence-corrected chi connectivity index (χ3v) is 4.40. The molecule has 0 aliphatic rings. The number of hydrogen-bond donors (Lipinski definition) is 0. The fourth-order valence-corrected chi connectivity index (χ4v) is 2.81. The van der Waals surface area contributed by atoms with E-state index >= 15 is 0 Å². The average molecular weight is 284 g/mol. The van der Waals surface area contributed by atoms with Crippen LogP contribution in [0.4, 0.5) is 0 Å². The van der Waals surface area contributed by atoms with Crippen LogP contribution in [-0.4, -0.2) is 12.0 Å². The normalized spacial score (nSPS) is 10.6. The SMILES string of the molecule is CSc1ccc(C(=O)CCc2c(C)cccc2C)cc1. The summed E-state index contributed by atoms with van der Waals surface area (Å²) < 4.78 is 0. The molecule has 20 heavy (non-hydrogen) atoms. The van der Waals surface area contributed by atoms with Gasteiger partial charge in [-0.15, -0.1) is 11.8 Å². The molecule has 0 unspecified atom stereocenters. The van der Waals surface area contributed by atoms with Gasteiger partial charge in [0, 0.05) is 16.9 Å². The molecule has 0 N–H and O–H groups in total. The maximum Gasteiger partial charge on any atom is 0.163 e. The summed E-state index contributed by atoms with van der Waals surface area (Å²) in [5.74, 6) is 0.223. The first-order chi connectivity index (χ1) is 9.61. The van der Waals surface area contributed by atoms with Crippen LogP contribution in [0.15, 0.2) is 47.4 Å². The zero-order valence-corrected chi connectivity index (χ0v) is 13.1. The molecular weight excluding hydrogens is 264 g/mol. The summed E-state index contributed by atoms with van der Waals surface area (Å²) >= 11 is 1.69. The van der Waals surface area contributed by atoms with Gasteiger partial charge in [0.25, 0.3) is 0 Å². The van der Waals surface area contributed by atoms with Gasteiger partial charge in [0.2, 0.25) is 0 Å². The Bertz CT molecular complexity index is 579. The Hall–Kier alpha value is -1.54. The molecule has 0 radical (unpaired) electrons. The molecule has 104 valence electrons. The lowest BCUT2D eigenvalue weighted by molar-refractivity contribution is 0.0982. The number of Topliss-reactive ketones (excluding diaryl/α,β-unsaturated/α-hetero) is 1. The lowest BCUT2D eigenvalue weighted by Gasteiger charge is -2.09. The molecule has 0 amide bonds. The smallest absolute Gasteiger partial charge is 0.163 e. The van der Waals surface area contributed by atoms with Gasteiger partial charge in [0.05, 0.1) is 0 Å². The first kappa shape index (κ1) is 14.9. The van der Waals surface area contributed by atoms with Crippen LogP contribution >= 0.6 is 11.8 Å². The van der Waals surface area contributed by atoms with Crippen LogP contribution in [0.1, 0.15) is 33.5 Å². The fourth-order valence-electron chi connectivity index (χ4n) is 2.40. The molecule has 0 atom stereocenters. The Morgan fingerprint density at radius 3 is 2.15 bits per heavy atom. The summed E-state index contributed by atoms with van der Waals surface area (Å²) in [5, 5.41) is 0. The Kier molecular flexibility index (Phi) is 5.02. The predicted octanol–water partition coefficient (Wildman–Crippen LogP) is 4.84. The van der Waals surface area contributed by atoms with Crippen molar-refractivity contribution < 1.29 is 4.79 Å². The summed E-state index contributed by atoms with van der Waals surface area (Å²) in [6.45, 7) is 4.22. The van der Waals surface area contributed by atoms with Gasteiger partial charge in [-0.25, -0.2) is 0 Å². The van der Waals surface area contributed by atoms with Gasteiger partial charge in [0.15, 0.2) is 5.78 Å². The highest BCUT2D eigenvalue weighted by atomic mass is 32.2. The molecule has 2 aromatic carbocycles. The number of hydrogen-bond acceptors (Lipinski definition) is 2. The van der Waals surface area contributed by atoms with Crippen LogP contribution in [0.2, 0.25) is 0 Å². The Morgan fingerprint density at radius 1 is 1.00 bits per heavy atom. The summed E-state index contributed by atoms with van der Waals surface area (Å²) in [6, 6.07) is 14.2. The molecule has 0 saturated carbocycles. The molecule has 1 nitrogen and oxygen atoms in total. The maximum absolute atomic E-state index is 12.2. The van der Waals surface area contributed by atoms with Crippen molar-refractivity contribution in [2.45, 2.75) is 31.6 Å². The van der Waals surface area contributed by atoms with Crippen molar-refractivity contribution >= 4 is 17.5 Å². The number of aryl methyl sites for hydroxylation is 2. The van der Waals surface area contributed by atoms with E-state index in [1.807, 2.05) is 30.5 Å². The second-order valence-corrected chi connectivity index (χ2v) is 5.90. The van der Waals surface area contributed by atoms with E-state index in [1.165, 1.54) is 21.6 Å². The average Bonchev–Trinajstić information content (AvgIpc) is 2.46. The number of carbonyl (C=O) groups excluding carboxylic acids is 1. The van der Waals surface area contributed by atoms with E-state index in [9.17, 15) is 4.79 Å². The quantitative estimate of drug-likeness (QED) is 0.577. The molecule has 2 heteroatoms. The zero-order valence-electron chi connectivity index (χ0n) is 12.3. The second kappa shape index (κ2) is 6.76. The van der Waals surface area contributed by atoms with Crippen molar-refractivity contribution in [1.82, 2.24) is 0 Å². The minimum absolute atomic E-state index is 0.223. The number of benzene rings is 2. The third-order valence-electron chi connectivity index (χ3n) is 3.66. The highest BCUT2D eigenvalue weighted by Gasteiger charge is 2.08. The zero-order chi connectivity index (χ0) is 14.5. The minimum atomic E-state index is 0.223. The van der Waals surface area contributed by atoms with Gasteiger partial charge >= 0.3 is 0 Å². The fraction of sp³-hybridized carbons (Fsp3) is 0.278. The van der Waals surface area contributed by atoms with Gasteiger partial charge in [-0.1, -0.05) is 30.3 Å². The first-order valence-corrected chi connectivity index (χ1v) is 8.06. The highest BCUT2D eigenvalue weighted by Crippen LogP contribution is 2.18. The molecule has 0 aliphatic carbocycles. The standard InChI is InChI=1S/C18H20OS/c1-13-5-4-6-14(2)17(13)11-12-18(19)15-7-9-16(20-3)10-8-15/h4-10H,11-12H2,1-3H3. The van der Waals surface area contributed by atoms with Gasteiger partial charge in [-0.2, -0.15) is 0 Å². The molecule has 0 aromatic heterocycles. The second-order valence-electron chi connectivity index (χ2n) is 5.02. The highest BCUT2D eigenvalue weighted by molar-refractivity contribution is 7.98. The van der Waals surface area contributed by atoms with Gasteiger partial charge < -0.3 is 0 Å². The van der Waals surface area contributed by atoms with Crippen LogP contribution in [0, 0.1) is 13.8 Å². The number of thioether (sulfide) groups is 1. The summed E-state index contributed by atoms with van der Waals surface area (Å²) in [5.41, 5.74) is 4.67. The van der Waals surface area contributed by atoms with Crippen LogP contribution in [-0.2, 0) is 6.42 Å². The van der Waals surface area contributed by atoms with Gasteiger partial charge in [-0.3, -0.25) is 4.79 Å². The molecule has 0 saturated heterocycles. The van der Waals surface area contributed by atoms with Crippen molar-refractivity contribution in [3.8, 4) is 0 Å². The van der Waals surface area contributed by atoms with Crippen molar-refractivity contribution in [2.75, 3.05) is 6.26 Å². The van der Waals surface area contributed by atoms with E-state index in [4.69, 9.17) is 0 Å². The summed E-state index contributed by atoms with van der Waals surface area (Å²) in [7, 11) is 0. The van der Waals surface area contributed by atoms with Crippen LogP contribution in [0.25, 0.3) is 0 Å². The third kappa shape index (κ3) is 3.51. The molecule has 0 heterocycles. The summed E-state index contributed by atoms with van der Waals surface area (Å²) in [4.78, 5) is 13.4. The number of carbonyl (C=O) groups is 1. The van der Waals surface area contributed by atoms with Crippen molar-refractivity contribution in [3.05, 3.63) is 64.7 Å². The van der Waals surface area contributed by atoms with Crippen molar-refractivity contribution in [1.29, 1.82) is 0 Å². The molecule has 2 rings (SSSR count). The number of rotatable bonds is 5. The Morgan fingerprint density at radius 2 is 1.60 bits per heavy atom. The molecule has 0 fully saturated rings. The van der Waals surface area contributed by atoms with Gasteiger partial charge in [-0.05, 0) is 55.3 Å². The molecule has 2 aromatic rings. The Balaban J connectivity index is 2.04. The molecule has 0 bridgehead atoms. The lowest BCUT2D eigenvalue weighted by Crippen LogP contribution is -2.03. The lowest BCUT2D eigenvalue weighted by atomic mass is 9.96. The molecular formula is C18H20OS. The van der Waals surface area contributed by atoms with E-state index in [2.05, 4.69) is 32.0 Å². The number of ketones is 1. The van der Waals surface area contributed by atoms with E-state index in [0.717, 1.165) is 12.0 Å². The largest absolute Gasteiger partial charge is 0.294 e. The van der Waals surface area contributed by atoms with E-state index < -0.39 is 0 Å². The van der Waals surface area contributed by atoms with Crippen LogP contribution < -0.4 is 0 Å². The van der Waals surface area contributed by atoms with Crippen LogP contribution in [0.5, 0.6) is 0 Å². The Labute approximate surface area is 125 Å². The van der Waals surface area contributed by atoms with Crippen molar-refractivity contribution in [3.63, 3.8) is 0 Å². The molecule has 0 spiro atoms. The van der Waals surface area contributed by atoms with Gasteiger partial charge in [0.1, 0.15) is 0 Å².